The van der Waals surface area contributed by atoms with E-state index in [1.165, 1.54) is 16.0 Å². The number of rotatable bonds is 4. The van der Waals surface area contributed by atoms with Crippen molar-refractivity contribution in [2.75, 3.05) is 39.3 Å². The van der Waals surface area contributed by atoms with E-state index in [1.54, 1.807) is 0 Å². The lowest BCUT2D eigenvalue weighted by Gasteiger charge is -2.34. The standard InChI is InChI=1S/C26H29F3N6O2/c1-17-2-3-18(15-30-17)16-33-8-6-19(7-9-33)20-4-5-21-22(14-20)32-23(31-21)24(36)34-10-12-35(13-11-34)25(37)26(27,28)29/h2-5,14-15,19H,6-13,16H2,1H3,(H,31,32). The second kappa shape index (κ2) is 10.1. The van der Waals surface area contributed by atoms with Crippen LogP contribution in [0.15, 0.2) is 36.5 Å². The van der Waals surface area contributed by atoms with Crippen molar-refractivity contribution in [3.8, 4) is 0 Å². The maximum Gasteiger partial charge on any atom is 0.471 e. The molecule has 0 radical (unpaired) electrons. The predicted octanol–water partition coefficient (Wildman–Crippen LogP) is 3.49. The molecule has 2 aliphatic rings. The number of pyridine rings is 1. The van der Waals surface area contributed by atoms with Crippen molar-refractivity contribution >= 4 is 22.8 Å². The summed E-state index contributed by atoms with van der Waals surface area (Å²) in [5.41, 5.74) is 4.85. The first-order chi connectivity index (χ1) is 17.7. The molecule has 0 unspecified atom stereocenters. The van der Waals surface area contributed by atoms with E-state index in [4.69, 9.17) is 0 Å². The molecule has 1 N–H and O–H groups in total. The van der Waals surface area contributed by atoms with Gasteiger partial charge in [0, 0.05) is 44.6 Å². The summed E-state index contributed by atoms with van der Waals surface area (Å²) >= 11 is 0. The number of nitrogens with zero attached hydrogens (tertiary/aromatic N) is 5. The molecule has 8 nitrogen and oxygen atoms in total. The Morgan fingerprint density at radius 3 is 2.35 bits per heavy atom. The first-order valence-corrected chi connectivity index (χ1v) is 12.5. The molecule has 2 aliphatic heterocycles. The number of aromatic amines is 1. The van der Waals surface area contributed by atoms with Gasteiger partial charge in [-0.25, -0.2) is 4.98 Å². The van der Waals surface area contributed by atoms with Crippen molar-refractivity contribution in [2.24, 2.45) is 0 Å². The monoisotopic (exact) mass is 514 g/mol. The van der Waals surface area contributed by atoms with Gasteiger partial charge in [-0.2, -0.15) is 13.2 Å². The van der Waals surface area contributed by atoms with Crippen LogP contribution in [0.25, 0.3) is 11.0 Å². The number of alkyl halides is 3. The van der Waals surface area contributed by atoms with Crippen LogP contribution in [0.2, 0.25) is 0 Å². The zero-order valence-electron chi connectivity index (χ0n) is 20.6. The van der Waals surface area contributed by atoms with Crippen LogP contribution in [0.1, 0.15) is 46.2 Å². The fourth-order valence-corrected chi connectivity index (χ4v) is 5.09. The molecule has 5 rings (SSSR count). The third-order valence-electron chi connectivity index (χ3n) is 7.24. The average molecular weight is 515 g/mol. The highest BCUT2D eigenvalue weighted by molar-refractivity contribution is 5.94. The Labute approximate surface area is 212 Å². The lowest BCUT2D eigenvalue weighted by Crippen LogP contribution is -2.53. The first kappa shape index (κ1) is 25.2. The number of benzene rings is 1. The smallest absolute Gasteiger partial charge is 0.334 e. The summed E-state index contributed by atoms with van der Waals surface area (Å²) < 4.78 is 38.0. The van der Waals surface area contributed by atoms with Gasteiger partial charge in [0.2, 0.25) is 0 Å². The Kier molecular flexibility index (Phi) is 6.89. The number of hydrogen-bond donors (Lipinski definition) is 1. The zero-order valence-corrected chi connectivity index (χ0v) is 20.6. The van der Waals surface area contributed by atoms with E-state index in [1.807, 2.05) is 31.3 Å². The summed E-state index contributed by atoms with van der Waals surface area (Å²) in [6.07, 6.45) is -0.907. The Morgan fingerprint density at radius 2 is 1.70 bits per heavy atom. The number of piperidine rings is 1. The van der Waals surface area contributed by atoms with Crippen molar-refractivity contribution in [3.05, 3.63) is 59.2 Å². The lowest BCUT2D eigenvalue weighted by molar-refractivity contribution is -0.186. The van der Waals surface area contributed by atoms with Gasteiger partial charge in [-0.1, -0.05) is 12.1 Å². The maximum atomic E-state index is 12.9. The van der Waals surface area contributed by atoms with Gasteiger partial charge in [-0.3, -0.25) is 19.5 Å². The molecule has 4 heterocycles. The minimum Gasteiger partial charge on any atom is -0.334 e. The Morgan fingerprint density at radius 1 is 1.00 bits per heavy atom. The van der Waals surface area contributed by atoms with Crippen LogP contribution >= 0.6 is 0 Å². The molecule has 11 heteroatoms. The van der Waals surface area contributed by atoms with Gasteiger partial charge < -0.3 is 14.8 Å². The second-order valence-corrected chi connectivity index (χ2v) is 9.80. The number of H-pyrrole nitrogens is 1. The minimum absolute atomic E-state index is 0.0280. The van der Waals surface area contributed by atoms with Crippen molar-refractivity contribution in [3.63, 3.8) is 0 Å². The number of piperazine rings is 1. The number of aromatic nitrogens is 3. The number of imidazole rings is 1. The van der Waals surface area contributed by atoms with Crippen molar-refractivity contribution in [2.45, 2.75) is 38.4 Å². The number of likely N-dealkylation sites (tertiary alicyclic amines) is 1. The molecule has 0 aliphatic carbocycles. The van der Waals surface area contributed by atoms with Crippen LogP contribution < -0.4 is 0 Å². The average Bonchev–Trinajstić information content (AvgIpc) is 3.33. The molecule has 2 amide bonds. The van der Waals surface area contributed by atoms with Crippen LogP contribution in [-0.2, 0) is 11.3 Å². The number of hydrogen-bond acceptors (Lipinski definition) is 5. The third kappa shape index (κ3) is 5.61. The highest BCUT2D eigenvalue weighted by Crippen LogP contribution is 2.30. The van der Waals surface area contributed by atoms with E-state index >= 15 is 0 Å². The van der Waals surface area contributed by atoms with Gasteiger partial charge >= 0.3 is 12.1 Å². The Hall–Kier alpha value is -3.47. The van der Waals surface area contributed by atoms with Crippen molar-refractivity contribution in [1.29, 1.82) is 0 Å². The van der Waals surface area contributed by atoms with Gasteiger partial charge in [0.1, 0.15) is 0 Å². The number of fused-ring (bicyclic) bond motifs is 1. The molecule has 0 bridgehead atoms. The van der Waals surface area contributed by atoms with Gasteiger partial charge in [-0.05, 0) is 68.1 Å². The van der Waals surface area contributed by atoms with Gasteiger partial charge in [-0.15, -0.1) is 0 Å². The number of halogens is 3. The highest BCUT2D eigenvalue weighted by Gasteiger charge is 2.43. The lowest BCUT2D eigenvalue weighted by atomic mass is 9.89. The van der Waals surface area contributed by atoms with Gasteiger partial charge in [0.05, 0.1) is 11.0 Å². The quantitative estimate of drug-likeness (QED) is 0.576. The SMILES string of the molecule is Cc1ccc(CN2CCC(c3ccc4[nH]c(C(=O)N5CCN(C(=O)C(F)(F)F)CC5)nc4c3)CC2)cn1. The normalized spacial score (nSPS) is 17.9. The topological polar surface area (TPSA) is 85.4 Å². The van der Waals surface area contributed by atoms with Crippen molar-refractivity contribution < 1.29 is 22.8 Å². The Bertz CT molecular complexity index is 1270. The minimum atomic E-state index is -4.90. The molecule has 37 heavy (non-hydrogen) atoms. The number of carbonyl (C=O) groups is 2. The Balaban J connectivity index is 1.19. The third-order valence-corrected chi connectivity index (χ3v) is 7.24. The number of amides is 2. The molecular weight excluding hydrogens is 485 g/mol. The van der Waals surface area contributed by atoms with Crippen LogP contribution in [0.3, 0.4) is 0 Å². The summed E-state index contributed by atoms with van der Waals surface area (Å²) in [5, 5.41) is 0. The second-order valence-electron chi connectivity index (χ2n) is 9.80. The number of carbonyl (C=O) groups excluding carboxylic acids is 2. The van der Waals surface area contributed by atoms with E-state index in [9.17, 15) is 22.8 Å². The van der Waals surface area contributed by atoms with Crippen LogP contribution in [0.5, 0.6) is 0 Å². The van der Waals surface area contributed by atoms with Crippen LogP contribution in [0.4, 0.5) is 13.2 Å². The summed E-state index contributed by atoms with van der Waals surface area (Å²) in [6.45, 7) is 4.59. The molecule has 0 spiro atoms. The van der Waals surface area contributed by atoms with E-state index in [2.05, 4.69) is 32.0 Å². The number of aryl methyl sites for hydroxylation is 1. The maximum absolute atomic E-state index is 12.9. The van der Waals surface area contributed by atoms with E-state index in [0.29, 0.717) is 11.4 Å². The molecule has 0 atom stereocenters. The predicted molar refractivity (Wildman–Crippen MR) is 131 cm³/mol. The fourth-order valence-electron chi connectivity index (χ4n) is 5.09. The molecular formula is C26H29F3N6O2. The summed E-state index contributed by atoms with van der Waals surface area (Å²) in [7, 11) is 0. The van der Waals surface area contributed by atoms with Crippen LogP contribution in [0, 0.1) is 6.92 Å². The van der Waals surface area contributed by atoms with Crippen LogP contribution in [-0.4, -0.2) is 86.9 Å². The largest absolute Gasteiger partial charge is 0.471 e. The van der Waals surface area contributed by atoms with E-state index in [0.717, 1.165) is 48.6 Å². The molecule has 0 saturated carbocycles. The van der Waals surface area contributed by atoms with Gasteiger partial charge in [0.25, 0.3) is 5.91 Å². The molecule has 196 valence electrons. The zero-order chi connectivity index (χ0) is 26.2. The molecule has 2 fully saturated rings. The number of nitrogens with one attached hydrogen (secondary N) is 1. The summed E-state index contributed by atoms with van der Waals surface area (Å²) in [6, 6.07) is 10.2. The van der Waals surface area contributed by atoms with E-state index < -0.39 is 12.1 Å². The molecule has 2 aromatic heterocycles. The molecule has 2 saturated heterocycles. The van der Waals surface area contributed by atoms with Crippen molar-refractivity contribution in [1.82, 2.24) is 29.7 Å². The summed E-state index contributed by atoms with van der Waals surface area (Å²) in [4.78, 5) is 40.9. The highest BCUT2D eigenvalue weighted by atomic mass is 19.4. The summed E-state index contributed by atoms with van der Waals surface area (Å²) in [5.74, 6) is -1.68. The first-order valence-electron chi connectivity index (χ1n) is 12.5. The fraction of sp³-hybridized carbons (Fsp3) is 0.462. The van der Waals surface area contributed by atoms with Gasteiger partial charge in [0.15, 0.2) is 5.82 Å². The van der Waals surface area contributed by atoms with E-state index in [-0.39, 0.29) is 37.9 Å². The molecule has 3 aromatic rings. The molecule has 1 aromatic carbocycles.